The van der Waals surface area contributed by atoms with Crippen LogP contribution in [-0.4, -0.2) is 72.0 Å². The van der Waals surface area contributed by atoms with Crippen molar-refractivity contribution in [2.24, 2.45) is 4.99 Å². The van der Waals surface area contributed by atoms with E-state index in [4.69, 9.17) is 4.74 Å². The first kappa shape index (κ1) is 23.2. The first-order chi connectivity index (χ1) is 14.6. The predicted octanol–water partition coefficient (Wildman–Crippen LogP) is 2.61. The standard InChI is InChI=1S/C23H38N4O2S/c1-4-30(28)21-7-5-6-20(16-21)26-23(24-3)25-17-22(27-12-14-29-15-13-27)19-10-8-18(2)9-11-19/h8-11,20-22H,4-7,12-17H2,1-3H3,(H2,24,25,26). The minimum atomic E-state index is -0.711. The molecule has 0 amide bonds. The largest absolute Gasteiger partial charge is 0.379 e. The minimum Gasteiger partial charge on any atom is -0.379 e. The van der Waals surface area contributed by atoms with Gasteiger partial charge in [-0.1, -0.05) is 43.2 Å². The second-order valence-electron chi connectivity index (χ2n) is 8.33. The van der Waals surface area contributed by atoms with Crippen LogP contribution in [0.25, 0.3) is 0 Å². The van der Waals surface area contributed by atoms with Gasteiger partial charge in [-0.15, -0.1) is 0 Å². The van der Waals surface area contributed by atoms with E-state index in [-0.39, 0.29) is 6.04 Å². The molecule has 168 valence electrons. The summed E-state index contributed by atoms with van der Waals surface area (Å²) >= 11 is 0. The van der Waals surface area contributed by atoms with Crippen molar-refractivity contribution in [3.8, 4) is 0 Å². The van der Waals surface area contributed by atoms with Crippen LogP contribution in [0.5, 0.6) is 0 Å². The lowest BCUT2D eigenvalue weighted by molar-refractivity contribution is 0.0170. The van der Waals surface area contributed by atoms with E-state index in [1.165, 1.54) is 11.1 Å². The van der Waals surface area contributed by atoms with Gasteiger partial charge < -0.3 is 15.4 Å². The third-order valence-corrected chi connectivity index (χ3v) is 8.00. The molecular formula is C23H38N4O2S. The van der Waals surface area contributed by atoms with Crippen molar-refractivity contribution in [1.82, 2.24) is 15.5 Å². The highest BCUT2D eigenvalue weighted by atomic mass is 32.2. The van der Waals surface area contributed by atoms with E-state index >= 15 is 0 Å². The van der Waals surface area contributed by atoms with Gasteiger partial charge in [0.25, 0.3) is 0 Å². The molecule has 0 spiro atoms. The third kappa shape index (κ3) is 6.53. The fraction of sp³-hybridized carbons (Fsp3) is 0.696. The van der Waals surface area contributed by atoms with Crippen LogP contribution < -0.4 is 10.6 Å². The predicted molar refractivity (Wildman–Crippen MR) is 126 cm³/mol. The van der Waals surface area contributed by atoms with Crippen LogP contribution in [0.2, 0.25) is 0 Å². The second kappa shape index (κ2) is 11.8. The number of aliphatic imine (C=N–C) groups is 1. The summed E-state index contributed by atoms with van der Waals surface area (Å²) < 4.78 is 17.8. The summed E-state index contributed by atoms with van der Waals surface area (Å²) in [5.74, 6) is 1.59. The van der Waals surface area contributed by atoms with Crippen LogP contribution in [0.15, 0.2) is 29.3 Å². The number of ether oxygens (including phenoxy) is 1. The Balaban J connectivity index is 1.61. The van der Waals surface area contributed by atoms with Crippen LogP contribution in [0, 0.1) is 6.92 Å². The van der Waals surface area contributed by atoms with Gasteiger partial charge >= 0.3 is 0 Å². The lowest BCUT2D eigenvalue weighted by atomic mass is 9.95. The van der Waals surface area contributed by atoms with Crippen LogP contribution in [-0.2, 0) is 15.5 Å². The van der Waals surface area contributed by atoms with Gasteiger partial charge in [0, 0.05) is 54.5 Å². The van der Waals surface area contributed by atoms with Crippen molar-refractivity contribution < 1.29 is 8.95 Å². The summed E-state index contributed by atoms with van der Waals surface area (Å²) in [6.45, 7) is 8.39. The molecule has 2 aliphatic rings. The Hall–Kier alpha value is -1.44. The molecular weight excluding hydrogens is 396 g/mol. The van der Waals surface area contributed by atoms with E-state index in [1.54, 1.807) is 0 Å². The number of benzene rings is 1. The highest BCUT2D eigenvalue weighted by Crippen LogP contribution is 2.24. The van der Waals surface area contributed by atoms with E-state index < -0.39 is 10.8 Å². The molecule has 1 heterocycles. The molecule has 4 unspecified atom stereocenters. The number of nitrogens with zero attached hydrogens (tertiary/aromatic N) is 2. The molecule has 7 heteroatoms. The van der Waals surface area contributed by atoms with Crippen molar-refractivity contribution in [3.63, 3.8) is 0 Å². The van der Waals surface area contributed by atoms with E-state index in [0.29, 0.717) is 11.3 Å². The summed E-state index contributed by atoms with van der Waals surface area (Å²) in [6, 6.07) is 9.46. The van der Waals surface area contributed by atoms with Gasteiger partial charge in [-0.2, -0.15) is 0 Å². The maximum absolute atomic E-state index is 12.3. The SMILES string of the molecule is CCS(=O)C1CCCC(NC(=NC)NCC(c2ccc(C)cc2)N2CCOCC2)C1. The molecule has 1 aliphatic carbocycles. The van der Waals surface area contributed by atoms with Gasteiger partial charge in [-0.3, -0.25) is 14.1 Å². The molecule has 1 saturated carbocycles. The zero-order chi connectivity index (χ0) is 21.3. The Morgan fingerprint density at radius 3 is 2.67 bits per heavy atom. The molecule has 0 bridgehead atoms. The van der Waals surface area contributed by atoms with Gasteiger partial charge in [-0.25, -0.2) is 0 Å². The van der Waals surface area contributed by atoms with Gasteiger partial charge in [0.1, 0.15) is 0 Å². The van der Waals surface area contributed by atoms with E-state index in [0.717, 1.165) is 70.2 Å². The number of morpholine rings is 1. The number of nitrogens with one attached hydrogen (secondary N) is 2. The summed E-state index contributed by atoms with van der Waals surface area (Å²) in [4.78, 5) is 6.97. The number of rotatable bonds is 7. The first-order valence-corrected chi connectivity index (χ1v) is 12.7. The molecule has 3 rings (SSSR count). The molecule has 1 saturated heterocycles. The molecule has 30 heavy (non-hydrogen) atoms. The molecule has 6 nitrogen and oxygen atoms in total. The Morgan fingerprint density at radius 1 is 1.27 bits per heavy atom. The van der Waals surface area contributed by atoms with Crippen LogP contribution in [0.3, 0.4) is 0 Å². The van der Waals surface area contributed by atoms with Crippen molar-refractivity contribution in [3.05, 3.63) is 35.4 Å². The van der Waals surface area contributed by atoms with Crippen LogP contribution >= 0.6 is 0 Å². The average Bonchev–Trinajstić information content (AvgIpc) is 2.79. The van der Waals surface area contributed by atoms with E-state index in [9.17, 15) is 4.21 Å². The van der Waals surface area contributed by atoms with Crippen molar-refractivity contribution >= 4 is 16.8 Å². The lowest BCUT2D eigenvalue weighted by Crippen LogP contribution is -2.49. The van der Waals surface area contributed by atoms with Crippen LogP contribution in [0.1, 0.15) is 49.8 Å². The highest BCUT2D eigenvalue weighted by Gasteiger charge is 2.27. The highest BCUT2D eigenvalue weighted by molar-refractivity contribution is 7.85. The van der Waals surface area contributed by atoms with Crippen molar-refractivity contribution in [2.45, 2.75) is 56.9 Å². The van der Waals surface area contributed by atoms with Gasteiger partial charge in [0.15, 0.2) is 5.96 Å². The van der Waals surface area contributed by atoms with E-state index in [2.05, 4.69) is 51.7 Å². The summed E-state index contributed by atoms with van der Waals surface area (Å²) in [7, 11) is 1.12. The maximum atomic E-state index is 12.3. The van der Waals surface area contributed by atoms with Gasteiger partial charge in [0.05, 0.1) is 19.3 Å². The monoisotopic (exact) mass is 434 g/mol. The fourth-order valence-corrected chi connectivity index (χ4v) is 5.82. The van der Waals surface area contributed by atoms with Crippen molar-refractivity contribution in [1.29, 1.82) is 0 Å². The molecule has 2 N–H and O–H groups in total. The third-order valence-electron chi connectivity index (χ3n) is 6.26. The van der Waals surface area contributed by atoms with Gasteiger partial charge in [-0.05, 0) is 31.7 Å². The molecule has 1 aromatic carbocycles. The maximum Gasteiger partial charge on any atom is 0.191 e. The lowest BCUT2D eigenvalue weighted by Gasteiger charge is -2.36. The molecule has 2 fully saturated rings. The quantitative estimate of drug-likeness (QED) is 0.510. The zero-order valence-corrected chi connectivity index (χ0v) is 19.5. The number of hydrogen-bond acceptors (Lipinski definition) is 4. The fourth-order valence-electron chi connectivity index (χ4n) is 4.47. The molecule has 1 aliphatic heterocycles. The Morgan fingerprint density at radius 2 is 2.00 bits per heavy atom. The number of aryl methyl sites for hydroxylation is 1. The summed E-state index contributed by atoms with van der Waals surface area (Å²) in [5.41, 5.74) is 2.60. The molecule has 4 atom stereocenters. The average molecular weight is 435 g/mol. The Kier molecular flexibility index (Phi) is 9.15. The summed E-state index contributed by atoms with van der Waals surface area (Å²) in [6.07, 6.45) is 4.29. The first-order valence-electron chi connectivity index (χ1n) is 11.3. The Bertz CT molecular complexity index is 704. The molecule has 1 aromatic rings. The van der Waals surface area contributed by atoms with E-state index in [1.807, 2.05) is 14.0 Å². The second-order valence-corrected chi connectivity index (χ2v) is 10.3. The molecule has 0 aromatic heterocycles. The molecule has 0 radical (unpaired) electrons. The van der Waals surface area contributed by atoms with Gasteiger partial charge in [0.2, 0.25) is 0 Å². The van der Waals surface area contributed by atoms with Crippen LogP contribution in [0.4, 0.5) is 0 Å². The smallest absolute Gasteiger partial charge is 0.191 e. The number of guanidine groups is 1. The number of hydrogen-bond donors (Lipinski definition) is 2. The van der Waals surface area contributed by atoms with Crippen molar-refractivity contribution in [2.75, 3.05) is 45.6 Å². The zero-order valence-electron chi connectivity index (χ0n) is 18.7. The minimum absolute atomic E-state index is 0.278. The Labute approximate surface area is 184 Å². The normalized spacial score (nSPS) is 25.5. The topological polar surface area (TPSA) is 66.0 Å². The summed E-state index contributed by atoms with van der Waals surface area (Å²) in [5, 5.41) is 7.47.